The molecule has 22 heavy (non-hydrogen) atoms. The van der Waals surface area contributed by atoms with Crippen molar-refractivity contribution in [2.24, 2.45) is 12.5 Å². The van der Waals surface area contributed by atoms with Gasteiger partial charge in [-0.2, -0.15) is 5.10 Å². The number of benzene rings is 1. The lowest BCUT2D eigenvalue weighted by Crippen LogP contribution is -2.35. The summed E-state index contributed by atoms with van der Waals surface area (Å²) in [4.78, 5) is 15.0. The fourth-order valence-corrected chi connectivity index (χ4v) is 3.90. The second kappa shape index (κ2) is 4.97. The molecule has 1 aromatic carbocycles. The minimum Gasteiger partial charge on any atom is -0.338 e. The molecule has 4 rings (SSSR count). The van der Waals surface area contributed by atoms with Gasteiger partial charge in [-0.25, -0.2) is 0 Å². The average Bonchev–Trinajstić information content (AvgIpc) is 3.11. The van der Waals surface area contributed by atoms with E-state index in [1.807, 2.05) is 42.3 Å². The van der Waals surface area contributed by atoms with Crippen molar-refractivity contribution in [3.05, 3.63) is 42.1 Å². The van der Waals surface area contributed by atoms with Crippen LogP contribution in [0.4, 0.5) is 0 Å². The van der Waals surface area contributed by atoms with E-state index in [1.54, 1.807) is 10.9 Å². The van der Waals surface area contributed by atoms with Crippen LogP contribution < -0.4 is 0 Å². The van der Waals surface area contributed by atoms with Crippen LogP contribution in [0.15, 0.2) is 36.5 Å². The van der Waals surface area contributed by atoms with Gasteiger partial charge in [-0.05, 0) is 24.7 Å². The monoisotopic (exact) mass is 295 g/mol. The lowest BCUT2D eigenvalue weighted by atomic mass is 9.68. The van der Waals surface area contributed by atoms with Gasteiger partial charge in [0.1, 0.15) is 0 Å². The molecule has 114 valence electrons. The molecule has 2 fully saturated rings. The maximum absolute atomic E-state index is 13.0. The van der Waals surface area contributed by atoms with E-state index < -0.39 is 0 Å². The number of amides is 1. The number of aryl methyl sites for hydroxylation is 1. The number of hydrogen-bond donors (Lipinski definition) is 0. The van der Waals surface area contributed by atoms with E-state index in [4.69, 9.17) is 0 Å². The lowest BCUT2D eigenvalue weighted by Gasteiger charge is -2.37. The van der Waals surface area contributed by atoms with Gasteiger partial charge in [-0.3, -0.25) is 9.48 Å². The Balaban J connectivity index is 1.65. The molecule has 1 amide bonds. The molecule has 0 N–H and O–H groups in total. The molecule has 0 bridgehead atoms. The lowest BCUT2D eigenvalue weighted by molar-refractivity contribution is 0.0733. The molecular weight excluding hydrogens is 274 g/mol. The Morgan fingerprint density at radius 1 is 1.18 bits per heavy atom. The zero-order chi connectivity index (χ0) is 15.2. The molecule has 1 aromatic heterocycles. The quantitative estimate of drug-likeness (QED) is 0.854. The topological polar surface area (TPSA) is 38.1 Å². The molecule has 4 heteroatoms. The van der Waals surface area contributed by atoms with Gasteiger partial charge in [0.25, 0.3) is 5.91 Å². The first-order valence-electron chi connectivity index (χ1n) is 8.05. The first kappa shape index (κ1) is 13.6. The minimum absolute atomic E-state index is 0.135. The van der Waals surface area contributed by atoms with E-state index in [-0.39, 0.29) is 5.91 Å². The third-order valence-corrected chi connectivity index (χ3v) is 5.36. The van der Waals surface area contributed by atoms with Gasteiger partial charge in [0.05, 0.1) is 17.5 Å². The summed E-state index contributed by atoms with van der Waals surface area (Å²) in [5.74, 6) is 0.135. The highest BCUT2D eigenvalue weighted by atomic mass is 16.2. The first-order chi connectivity index (χ1) is 10.7. The smallest absolute Gasteiger partial charge is 0.257 e. The van der Waals surface area contributed by atoms with Crippen LogP contribution in [0.2, 0.25) is 0 Å². The van der Waals surface area contributed by atoms with Crippen molar-refractivity contribution < 1.29 is 4.79 Å². The van der Waals surface area contributed by atoms with Gasteiger partial charge < -0.3 is 4.90 Å². The van der Waals surface area contributed by atoms with Crippen LogP contribution in [0.25, 0.3) is 11.3 Å². The molecule has 2 aromatic rings. The molecule has 0 radical (unpaired) electrons. The van der Waals surface area contributed by atoms with E-state index in [0.29, 0.717) is 5.41 Å². The average molecular weight is 295 g/mol. The van der Waals surface area contributed by atoms with Gasteiger partial charge in [-0.1, -0.05) is 36.8 Å². The van der Waals surface area contributed by atoms with Gasteiger partial charge in [0, 0.05) is 25.7 Å². The van der Waals surface area contributed by atoms with Crippen LogP contribution in [0.1, 0.15) is 36.0 Å². The van der Waals surface area contributed by atoms with Gasteiger partial charge in [0.2, 0.25) is 0 Å². The fourth-order valence-electron chi connectivity index (χ4n) is 3.90. The Kier molecular flexibility index (Phi) is 3.06. The van der Waals surface area contributed by atoms with Crippen molar-refractivity contribution in [1.82, 2.24) is 14.7 Å². The number of hydrogen-bond acceptors (Lipinski definition) is 2. The summed E-state index contributed by atoms with van der Waals surface area (Å²) in [6.07, 6.45) is 6.78. The number of carbonyl (C=O) groups excluding carboxylic acids is 1. The molecule has 1 saturated heterocycles. The summed E-state index contributed by atoms with van der Waals surface area (Å²) in [5.41, 5.74) is 3.12. The molecular formula is C18H21N3O. The van der Waals surface area contributed by atoms with Crippen LogP contribution in [-0.2, 0) is 7.05 Å². The summed E-state index contributed by atoms with van der Waals surface area (Å²) in [6.45, 7) is 1.82. The second-order valence-corrected chi connectivity index (χ2v) is 6.73. The van der Waals surface area contributed by atoms with Crippen molar-refractivity contribution in [2.45, 2.75) is 25.7 Å². The molecule has 1 aliphatic heterocycles. The van der Waals surface area contributed by atoms with Gasteiger partial charge in [-0.15, -0.1) is 0 Å². The predicted octanol–water partition coefficient (Wildman–Crippen LogP) is 3.10. The largest absolute Gasteiger partial charge is 0.338 e. The Hall–Kier alpha value is -2.10. The number of likely N-dealkylation sites (tertiary alicyclic amines) is 1. The zero-order valence-corrected chi connectivity index (χ0v) is 13.0. The summed E-state index contributed by atoms with van der Waals surface area (Å²) in [6, 6.07) is 10.0. The molecule has 4 nitrogen and oxygen atoms in total. The van der Waals surface area contributed by atoms with Crippen molar-refractivity contribution in [3.63, 3.8) is 0 Å². The number of carbonyl (C=O) groups is 1. The number of aromatic nitrogens is 2. The van der Waals surface area contributed by atoms with Gasteiger partial charge >= 0.3 is 0 Å². The van der Waals surface area contributed by atoms with E-state index in [0.717, 1.165) is 29.9 Å². The molecule has 0 unspecified atom stereocenters. The van der Waals surface area contributed by atoms with Crippen molar-refractivity contribution in [2.75, 3.05) is 13.1 Å². The highest BCUT2D eigenvalue weighted by Gasteiger charge is 2.44. The van der Waals surface area contributed by atoms with Crippen molar-refractivity contribution in [3.8, 4) is 11.3 Å². The normalized spacial score (nSPS) is 19.4. The van der Waals surface area contributed by atoms with Crippen molar-refractivity contribution in [1.29, 1.82) is 0 Å². The fraction of sp³-hybridized carbons (Fsp3) is 0.444. The third kappa shape index (κ3) is 2.05. The van der Waals surface area contributed by atoms with E-state index in [9.17, 15) is 4.79 Å². The Morgan fingerprint density at radius 3 is 2.59 bits per heavy atom. The molecule has 1 aliphatic carbocycles. The zero-order valence-electron chi connectivity index (χ0n) is 13.0. The Morgan fingerprint density at radius 2 is 1.95 bits per heavy atom. The summed E-state index contributed by atoms with van der Waals surface area (Å²) in [7, 11) is 1.90. The molecule has 1 spiro atoms. The van der Waals surface area contributed by atoms with Gasteiger partial charge in [0.15, 0.2) is 0 Å². The van der Waals surface area contributed by atoms with Crippen LogP contribution >= 0.6 is 0 Å². The number of nitrogens with zero attached hydrogens (tertiary/aromatic N) is 3. The minimum atomic E-state index is 0.135. The Bertz CT molecular complexity index is 700. The standard InChI is InChI=1S/C18H21N3O/c1-20-16(14-6-3-2-4-7-14)15(12-19-20)17(22)21-11-10-18(13-21)8-5-9-18/h2-4,6-7,12H,5,8-11,13H2,1H3. The van der Waals surface area contributed by atoms with Crippen LogP contribution in [0, 0.1) is 5.41 Å². The highest BCUT2D eigenvalue weighted by Crippen LogP contribution is 2.48. The Labute approximate surface area is 130 Å². The molecule has 1 saturated carbocycles. The molecule has 2 aliphatic rings. The van der Waals surface area contributed by atoms with Crippen molar-refractivity contribution >= 4 is 5.91 Å². The first-order valence-corrected chi connectivity index (χ1v) is 8.05. The number of rotatable bonds is 2. The second-order valence-electron chi connectivity index (χ2n) is 6.73. The van der Waals surface area contributed by atoms with Crippen LogP contribution in [0.5, 0.6) is 0 Å². The third-order valence-electron chi connectivity index (χ3n) is 5.36. The summed E-state index contributed by atoms with van der Waals surface area (Å²) >= 11 is 0. The molecule has 2 heterocycles. The summed E-state index contributed by atoms with van der Waals surface area (Å²) < 4.78 is 1.80. The maximum atomic E-state index is 13.0. The predicted molar refractivity (Wildman–Crippen MR) is 85.4 cm³/mol. The molecule has 0 atom stereocenters. The van der Waals surface area contributed by atoms with Crippen LogP contribution in [0.3, 0.4) is 0 Å². The van der Waals surface area contributed by atoms with E-state index in [2.05, 4.69) is 5.10 Å². The SMILES string of the molecule is Cn1ncc(C(=O)N2CCC3(CCC3)C2)c1-c1ccccc1. The van der Waals surface area contributed by atoms with Crippen LogP contribution in [-0.4, -0.2) is 33.7 Å². The van der Waals surface area contributed by atoms with E-state index in [1.165, 1.54) is 25.7 Å². The van der Waals surface area contributed by atoms with E-state index >= 15 is 0 Å². The maximum Gasteiger partial charge on any atom is 0.257 e. The summed E-state index contributed by atoms with van der Waals surface area (Å²) in [5, 5.41) is 4.33. The highest BCUT2D eigenvalue weighted by molar-refractivity contribution is 6.00.